The molecule has 13 heavy (non-hydrogen) atoms. The Bertz CT molecular complexity index is 332. The second-order valence-corrected chi connectivity index (χ2v) is 2.45. The van der Waals surface area contributed by atoms with Crippen molar-refractivity contribution in [1.29, 1.82) is 0 Å². The van der Waals surface area contributed by atoms with Gasteiger partial charge in [0.15, 0.2) is 0 Å². The molecule has 2 nitrogen and oxygen atoms in total. The van der Waals surface area contributed by atoms with Gasteiger partial charge in [0.2, 0.25) is 0 Å². The predicted molar refractivity (Wildman–Crippen MR) is 40.2 cm³/mol. The van der Waals surface area contributed by atoms with E-state index in [1.165, 1.54) is 0 Å². The molecular weight excluding hydrogens is 188 g/mol. The Morgan fingerprint density at radius 3 is 2.08 bits per heavy atom. The molecule has 0 radical (unpaired) electrons. The highest BCUT2D eigenvalue weighted by molar-refractivity contribution is 5.68. The number of rotatable bonds is 0. The Labute approximate surface area is 71.1 Å². The van der Waals surface area contributed by atoms with Gasteiger partial charge in [0.25, 0.3) is 0 Å². The third kappa shape index (κ3) is 1.82. The average Bonchev–Trinajstić information content (AvgIpc) is 1.94. The lowest BCUT2D eigenvalue weighted by atomic mass is 10.1. The Hall–Kier alpha value is -1.46. The first-order valence-electron chi connectivity index (χ1n) is 3.24. The molecule has 4 N–H and O–H groups in total. The highest BCUT2D eigenvalue weighted by Gasteiger charge is 2.34. The average molecular weight is 194 g/mol. The fraction of sp³-hybridized carbons (Fsp3) is 0.143. The van der Waals surface area contributed by atoms with Crippen molar-refractivity contribution >= 4 is 11.4 Å². The first kappa shape index (κ1) is 9.63. The summed E-state index contributed by atoms with van der Waals surface area (Å²) in [5, 5.41) is 0. The fourth-order valence-corrected chi connectivity index (χ4v) is 0.874. The fourth-order valence-electron chi connectivity index (χ4n) is 0.874. The molecule has 0 aromatic heterocycles. The highest BCUT2D eigenvalue weighted by Crippen LogP contribution is 2.36. The van der Waals surface area contributed by atoms with Crippen LogP contribution in [0.15, 0.2) is 12.1 Å². The number of alkyl halides is 3. The van der Waals surface area contributed by atoms with Crippen molar-refractivity contribution in [1.82, 2.24) is 0 Å². The summed E-state index contributed by atoms with van der Waals surface area (Å²) in [6.45, 7) is 0. The van der Waals surface area contributed by atoms with Crippen LogP contribution >= 0.6 is 0 Å². The normalized spacial score (nSPS) is 11.7. The molecule has 0 heterocycles. The number of hydrogen-bond donors (Lipinski definition) is 2. The van der Waals surface area contributed by atoms with Crippen LogP contribution < -0.4 is 11.5 Å². The quantitative estimate of drug-likeness (QED) is 0.490. The van der Waals surface area contributed by atoms with Crippen molar-refractivity contribution in [3.63, 3.8) is 0 Å². The maximum Gasteiger partial charge on any atom is 0.418 e. The second-order valence-electron chi connectivity index (χ2n) is 2.45. The minimum absolute atomic E-state index is 0.311. The van der Waals surface area contributed by atoms with Crippen LogP contribution in [0.2, 0.25) is 0 Å². The van der Waals surface area contributed by atoms with E-state index in [9.17, 15) is 17.6 Å². The molecule has 0 fully saturated rings. The van der Waals surface area contributed by atoms with E-state index in [1.807, 2.05) is 0 Å². The molecule has 72 valence electrons. The van der Waals surface area contributed by atoms with Crippen LogP contribution in [0.25, 0.3) is 0 Å². The number of hydrogen-bond acceptors (Lipinski definition) is 2. The van der Waals surface area contributed by atoms with Gasteiger partial charge in [-0.15, -0.1) is 0 Å². The molecule has 6 heteroatoms. The molecule has 0 aliphatic rings. The molecule has 0 aliphatic carbocycles. The lowest BCUT2D eigenvalue weighted by Gasteiger charge is -2.11. The lowest BCUT2D eigenvalue weighted by molar-refractivity contribution is -0.137. The van der Waals surface area contributed by atoms with Crippen molar-refractivity contribution in [3.8, 4) is 0 Å². The van der Waals surface area contributed by atoms with E-state index in [2.05, 4.69) is 0 Å². The van der Waals surface area contributed by atoms with Crippen LogP contribution in [-0.4, -0.2) is 0 Å². The van der Waals surface area contributed by atoms with Gasteiger partial charge in [-0.25, -0.2) is 4.39 Å². The molecule has 0 spiro atoms. The van der Waals surface area contributed by atoms with E-state index >= 15 is 0 Å². The SMILES string of the molecule is Nc1cc(F)cc(C(F)(F)F)c1N. The summed E-state index contributed by atoms with van der Waals surface area (Å²) in [6, 6.07) is 1.05. The minimum Gasteiger partial charge on any atom is -0.397 e. The largest absolute Gasteiger partial charge is 0.418 e. The molecule has 0 saturated carbocycles. The van der Waals surface area contributed by atoms with Gasteiger partial charge in [0.1, 0.15) is 5.82 Å². The zero-order valence-electron chi connectivity index (χ0n) is 6.32. The molecule has 0 atom stereocenters. The Morgan fingerprint density at radius 2 is 1.62 bits per heavy atom. The molecule has 1 aromatic rings. The van der Waals surface area contributed by atoms with Crippen molar-refractivity contribution in [3.05, 3.63) is 23.5 Å². The van der Waals surface area contributed by atoms with Crippen LogP contribution in [-0.2, 0) is 6.18 Å². The van der Waals surface area contributed by atoms with Gasteiger partial charge in [-0.3, -0.25) is 0 Å². The van der Waals surface area contributed by atoms with E-state index in [0.717, 1.165) is 6.07 Å². The summed E-state index contributed by atoms with van der Waals surface area (Å²) in [5.41, 5.74) is 7.78. The summed E-state index contributed by atoms with van der Waals surface area (Å²) < 4.78 is 48.8. The molecule has 0 aliphatic heterocycles. The van der Waals surface area contributed by atoms with Crippen LogP contribution in [0.4, 0.5) is 28.9 Å². The van der Waals surface area contributed by atoms with E-state index < -0.39 is 28.9 Å². The first-order valence-corrected chi connectivity index (χ1v) is 3.24. The summed E-state index contributed by atoms with van der Waals surface area (Å²) in [4.78, 5) is 0. The van der Waals surface area contributed by atoms with Gasteiger partial charge < -0.3 is 11.5 Å². The zero-order chi connectivity index (χ0) is 10.2. The van der Waals surface area contributed by atoms with Crippen LogP contribution in [0.1, 0.15) is 5.56 Å². The van der Waals surface area contributed by atoms with E-state index in [4.69, 9.17) is 11.5 Å². The highest BCUT2D eigenvalue weighted by atomic mass is 19.4. The van der Waals surface area contributed by atoms with Gasteiger partial charge >= 0.3 is 6.18 Å². The monoisotopic (exact) mass is 194 g/mol. The molecule has 0 bridgehead atoms. The zero-order valence-corrected chi connectivity index (χ0v) is 6.32. The number of nitrogen functional groups attached to an aromatic ring is 2. The Morgan fingerprint density at radius 1 is 1.08 bits per heavy atom. The van der Waals surface area contributed by atoms with Crippen molar-refractivity contribution in [2.75, 3.05) is 11.5 Å². The summed E-state index contributed by atoms with van der Waals surface area (Å²) >= 11 is 0. The summed E-state index contributed by atoms with van der Waals surface area (Å²) in [5.74, 6) is -1.06. The number of nitrogens with two attached hydrogens (primary N) is 2. The van der Waals surface area contributed by atoms with Crippen LogP contribution in [0, 0.1) is 5.82 Å². The molecule has 1 aromatic carbocycles. The second kappa shape index (κ2) is 2.79. The molecule has 0 amide bonds. The van der Waals surface area contributed by atoms with Gasteiger partial charge in [-0.2, -0.15) is 13.2 Å². The Kier molecular flexibility index (Phi) is 2.07. The van der Waals surface area contributed by atoms with Crippen LogP contribution in [0.5, 0.6) is 0 Å². The van der Waals surface area contributed by atoms with Crippen molar-refractivity contribution in [2.24, 2.45) is 0 Å². The van der Waals surface area contributed by atoms with Gasteiger partial charge in [-0.1, -0.05) is 0 Å². The Balaban J connectivity index is 3.37. The van der Waals surface area contributed by atoms with Gasteiger partial charge in [0.05, 0.1) is 16.9 Å². The predicted octanol–water partition coefficient (Wildman–Crippen LogP) is 2.01. The number of benzene rings is 1. The summed E-state index contributed by atoms with van der Waals surface area (Å²) in [6.07, 6.45) is -4.68. The van der Waals surface area contributed by atoms with E-state index in [0.29, 0.717) is 6.07 Å². The number of halogens is 4. The van der Waals surface area contributed by atoms with Crippen molar-refractivity contribution in [2.45, 2.75) is 6.18 Å². The smallest absolute Gasteiger partial charge is 0.397 e. The topological polar surface area (TPSA) is 52.0 Å². The third-order valence-electron chi connectivity index (χ3n) is 1.48. The molecule has 0 saturated heterocycles. The summed E-state index contributed by atoms with van der Waals surface area (Å²) in [7, 11) is 0. The first-order chi connectivity index (χ1) is 5.82. The minimum atomic E-state index is -4.68. The van der Waals surface area contributed by atoms with Gasteiger partial charge in [0, 0.05) is 0 Å². The van der Waals surface area contributed by atoms with Crippen LogP contribution in [0.3, 0.4) is 0 Å². The molecule has 0 unspecified atom stereocenters. The maximum absolute atomic E-state index is 12.5. The molecular formula is C7H6F4N2. The molecule has 1 rings (SSSR count). The lowest BCUT2D eigenvalue weighted by Crippen LogP contribution is -2.11. The third-order valence-corrected chi connectivity index (χ3v) is 1.48. The van der Waals surface area contributed by atoms with Crippen molar-refractivity contribution < 1.29 is 17.6 Å². The maximum atomic E-state index is 12.5. The van der Waals surface area contributed by atoms with E-state index in [1.54, 1.807) is 0 Å². The standard InChI is InChI=1S/C7H6F4N2/c8-3-1-4(7(9,10)11)6(13)5(12)2-3/h1-2H,12-13H2. The number of anilines is 2. The van der Waals surface area contributed by atoms with Gasteiger partial charge in [-0.05, 0) is 12.1 Å². The van der Waals surface area contributed by atoms with E-state index in [-0.39, 0.29) is 0 Å².